The highest BCUT2D eigenvalue weighted by molar-refractivity contribution is 6.30. The third-order valence-corrected chi connectivity index (χ3v) is 3.54. The van der Waals surface area contributed by atoms with Crippen molar-refractivity contribution >= 4 is 17.4 Å². The maximum atomic E-state index is 12.2. The number of nitrogens with one attached hydrogen (secondary N) is 1. The van der Waals surface area contributed by atoms with Gasteiger partial charge in [0.25, 0.3) is 0 Å². The van der Waals surface area contributed by atoms with Gasteiger partial charge in [0.2, 0.25) is 0 Å². The van der Waals surface area contributed by atoms with Crippen molar-refractivity contribution in [1.82, 2.24) is 5.32 Å². The first-order valence-corrected chi connectivity index (χ1v) is 6.34. The molecule has 1 rings (SSSR count). The Morgan fingerprint density at radius 3 is 2.71 bits per heavy atom. The molecule has 1 N–H and O–H groups in total. The minimum Gasteiger partial charge on any atom is -0.304 e. The first kappa shape index (κ1) is 14.2. The summed E-state index contributed by atoms with van der Waals surface area (Å²) in [6.45, 7) is 5.47. The standard InChI is InChI=1S/C14H20ClNO/c1-4-5-8-12(11(2)15)14(16-3)10-7-6-9-13(14)17/h4-5,8,16H,1,6-7,9-10H2,2-3H3/b8-5-,12-11-. The summed E-state index contributed by atoms with van der Waals surface area (Å²) in [7, 11) is 1.82. The third kappa shape index (κ3) is 2.88. The predicted molar refractivity (Wildman–Crippen MR) is 73.2 cm³/mol. The van der Waals surface area contributed by atoms with Crippen LogP contribution < -0.4 is 5.32 Å². The molecular formula is C14H20ClNO. The van der Waals surface area contributed by atoms with E-state index in [9.17, 15) is 4.79 Å². The fourth-order valence-electron chi connectivity index (χ4n) is 2.43. The van der Waals surface area contributed by atoms with Crippen molar-refractivity contribution in [3.63, 3.8) is 0 Å². The average molecular weight is 254 g/mol. The number of ketones is 1. The van der Waals surface area contributed by atoms with Gasteiger partial charge in [0, 0.05) is 11.5 Å². The first-order chi connectivity index (χ1) is 8.08. The molecule has 17 heavy (non-hydrogen) atoms. The number of hydrogen-bond acceptors (Lipinski definition) is 2. The number of allylic oxidation sites excluding steroid dienone is 3. The van der Waals surface area contributed by atoms with Gasteiger partial charge in [-0.05, 0) is 32.4 Å². The number of carbonyl (C=O) groups is 1. The lowest BCUT2D eigenvalue weighted by Crippen LogP contribution is -2.53. The van der Waals surface area contributed by atoms with Crippen LogP contribution in [0.4, 0.5) is 0 Å². The van der Waals surface area contributed by atoms with Gasteiger partial charge in [-0.25, -0.2) is 0 Å². The Kier molecular flexibility index (Phi) is 5.16. The van der Waals surface area contributed by atoms with Crippen molar-refractivity contribution < 1.29 is 4.79 Å². The minimum atomic E-state index is -0.608. The zero-order chi connectivity index (χ0) is 12.9. The topological polar surface area (TPSA) is 29.1 Å². The molecule has 94 valence electrons. The third-order valence-electron chi connectivity index (χ3n) is 3.34. The van der Waals surface area contributed by atoms with Gasteiger partial charge in [-0.2, -0.15) is 0 Å². The monoisotopic (exact) mass is 253 g/mol. The Hall–Kier alpha value is -0.860. The van der Waals surface area contributed by atoms with Gasteiger partial charge in [-0.1, -0.05) is 42.8 Å². The van der Waals surface area contributed by atoms with Gasteiger partial charge in [0.05, 0.1) is 0 Å². The Morgan fingerprint density at radius 2 is 2.24 bits per heavy atom. The molecule has 0 aliphatic heterocycles. The van der Waals surface area contributed by atoms with Gasteiger partial charge >= 0.3 is 0 Å². The van der Waals surface area contributed by atoms with Crippen LogP contribution in [0, 0.1) is 0 Å². The largest absolute Gasteiger partial charge is 0.304 e. The van der Waals surface area contributed by atoms with Crippen LogP contribution >= 0.6 is 11.6 Å². The van der Waals surface area contributed by atoms with Gasteiger partial charge in [-0.3, -0.25) is 4.79 Å². The Bertz CT molecular complexity index is 366. The number of hydrogen-bond donors (Lipinski definition) is 1. The molecule has 1 unspecified atom stereocenters. The molecule has 1 saturated carbocycles. The van der Waals surface area contributed by atoms with E-state index in [0.717, 1.165) is 24.8 Å². The van der Waals surface area contributed by atoms with Gasteiger partial charge < -0.3 is 5.32 Å². The normalized spacial score (nSPS) is 27.1. The summed E-state index contributed by atoms with van der Waals surface area (Å²) in [6.07, 6.45) is 8.84. The molecule has 0 heterocycles. The first-order valence-electron chi connectivity index (χ1n) is 5.96. The summed E-state index contributed by atoms with van der Waals surface area (Å²) < 4.78 is 0. The van der Waals surface area contributed by atoms with E-state index in [1.54, 1.807) is 6.08 Å². The zero-order valence-corrected chi connectivity index (χ0v) is 11.3. The molecule has 1 fully saturated rings. The lowest BCUT2D eigenvalue weighted by Gasteiger charge is -2.37. The maximum Gasteiger partial charge on any atom is 0.157 e. The van der Waals surface area contributed by atoms with Crippen LogP contribution in [0.1, 0.15) is 32.6 Å². The minimum absolute atomic E-state index is 0.231. The summed E-state index contributed by atoms with van der Waals surface area (Å²) in [5, 5.41) is 3.84. The molecular weight excluding hydrogens is 234 g/mol. The van der Waals surface area contributed by atoms with Crippen LogP contribution in [0.3, 0.4) is 0 Å². The predicted octanol–water partition coefficient (Wildman–Crippen LogP) is 3.34. The highest BCUT2D eigenvalue weighted by Crippen LogP contribution is 2.34. The number of carbonyl (C=O) groups excluding carboxylic acids is 1. The van der Waals surface area contributed by atoms with Crippen LogP contribution in [-0.2, 0) is 4.79 Å². The van der Waals surface area contributed by atoms with E-state index in [0.29, 0.717) is 11.5 Å². The fourth-order valence-corrected chi connectivity index (χ4v) is 2.65. The molecule has 0 aromatic heterocycles. The van der Waals surface area contributed by atoms with Gasteiger partial charge in [0.1, 0.15) is 5.54 Å². The van der Waals surface area contributed by atoms with Crippen molar-refractivity contribution in [1.29, 1.82) is 0 Å². The van der Waals surface area contributed by atoms with E-state index in [1.165, 1.54) is 0 Å². The van der Waals surface area contributed by atoms with Crippen molar-refractivity contribution in [3.8, 4) is 0 Å². The van der Waals surface area contributed by atoms with E-state index >= 15 is 0 Å². The van der Waals surface area contributed by atoms with Crippen LogP contribution in [-0.4, -0.2) is 18.4 Å². The molecule has 0 spiro atoms. The van der Waals surface area contributed by atoms with Crippen molar-refractivity contribution in [2.24, 2.45) is 0 Å². The lowest BCUT2D eigenvalue weighted by atomic mass is 9.75. The second-order valence-electron chi connectivity index (χ2n) is 4.33. The molecule has 1 aliphatic rings. The van der Waals surface area contributed by atoms with Crippen molar-refractivity contribution in [2.75, 3.05) is 7.05 Å². The van der Waals surface area contributed by atoms with Crippen LogP contribution in [0.5, 0.6) is 0 Å². The maximum absolute atomic E-state index is 12.2. The van der Waals surface area contributed by atoms with Crippen LogP contribution in [0.25, 0.3) is 0 Å². The second kappa shape index (κ2) is 6.18. The van der Waals surface area contributed by atoms with Crippen molar-refractivity contribution in [3.05, 3.63) is 35.4 Å². The van der Waals surface area contributed by atoms with Crippen LogP contribution in [0.15, 0.2) is 35.4 Å². The average Bonchev–Trinajstić information content (AvgIpc) is 2.31. The van der Waals surface area contributed by atoms with E-state index in [2.05, 4.69) is 11.9 Å². The summed E-state index contributed by atoms with van der Waals surface area (Å²) in [5.41, 5.74) is 0.259. The highest BCUT2D eigenvalue weighted by atomic mass is 35.5. The van der Waals surface area contributed by atoms with Crippen LogP contribution in [0.2, 0.25) is 0 Å². The van der Waals surface area contributed by atoms with E-state index in [-0.39, 0.29) is 5.78 Å². The zero-order valence-electron chi connectivity index (χ0n) is 10.6. The Balaban J connectivity index is 3.21. The van der Waals surface area contributed by atoms with E-state index in [1.807, 2.05) is 26.1 Å². The van der Waals surface area contributed by atoms with Gasteiger partial charge in [0.15, 0.2) is 5.78 Å². The number of halogens is 1. The number of Topliss-reactive ketones (excluding diaryl/α,β-unsaturated/α-hetero) is 1. The smallest absolute Gasteiger partial charge is 0.157 e. The Morgan fingerprint density at radius 1 is 1.53 bits per heavy atom. The Labute approximate surface area is 108 Å². The summed E-state index contributed by atoms with van der Waals surface area (Å²) in [6, 6.07) is 0. The molecule has 3 heteroatoms. The molecule has 0 amide bonds. The van der Waals surface area contributed by atoms with E-state index < -0.39 is 5.54 Å². The fraction of sp³-hybridized carbons (Fsp3) is 0.500. The lowest BCUT2D eigenvalue weighted by molar-refractivity contribution is -0.125. The molecule has 0 aromatic carbocycles. The number of rotatable bonds is 4. The quantitative estimate of drug-likeness (QED) is 0.779. The summed E-state index contributed by atoms with van der Waals surface area (Å²) in [4.78, 5) is 12.2. The van der Waals surface area contributed by atoms with Crippen molar-refractivity contribution in [2.45, 2.75) is 38.1 Å². The van der Waals surface area contributed by atoms with E-state index in [4.69, 9.17) is 11.6 Å². The molecule has 0 aromatic rings. The molecule has 1 atom stereocenters. The molecule has 0 radical (unpaired) electrons. The highest BCUT2D eigenvalue weighted by Gasteiger charge is 2.41. The van der Waals surface area contributed by atoms with Gasteiger partial charge in [-0.15, -0.1) is 0 Å². The second-order valence-corrected chi connectivity index (χ2v) is 4.89. The summed E-state index contributed by atoms with van der Waals surface area (Å²) in [5.74, 6) is 0.231. The number of likely N-dealkylation sites (N-methyl/N-ethyl adjacent to an activating group) is 1. The molecule has 2 nitrogen and oxygen atoms in total. The molecule has 1 aliphatic carbocycles. The molecule has 0 bridgehead atoms. The molecule has 0 saturated heterocycles. The summed E-state index contributed by atoms with van der Waals surface area (Å²) >= 11 is 6.15. The SMILES string of the molecule is C=C/C=C\C(=C(/C)Cl)C1(NC)CCCCC1=O.